The average Bonchev–Trinajstić information content (AvgIpc) is 2.38. The Labute approximate surface area is 115 Å². The summed E-state index contributed by atoms with van der Waals surface area (Å²) in [5, 5.41) is 13.1. The second kappa shape index (κ2) is 5.98. The van der Waals surface area contributed by atoms with E-state index in [1.807, 2.05) is 43.3 Å². The maximum absolute atomic E-state index is 10.0. The molecule has 0 aliphatic rings. The smallest absolute Gasteiger partial charge is 0.126 e. The molecule has 2 rings (SSSR count). The van der Waals surface area contributed by atoms with Gasteiger partial charge in [-0.3, -0.25) is 0 Å². The summed E-state index contributed by atoms with van der Waals surface area (Å²) in [5.74, 6) is 0.754. The Kier molecular flexibility index (Phi) is 4.33. The monoisotopic (exact) mass is 306 g/mol. The Morgan fingerprint density at radius 2 is 1.94 bits per heavy atom. The Bertz CT molecular complexity index is 496. The Hall–Kier alpha value is -1.39. The number of nitrogens with one attached hydrogen (secondary N) is 1. The number of nitrogens with zero attached hydrogens (tertiary/aromatic N) is 1. The highest BCUT2D eigenvalue weighted by atomic mass is 79.9. The van der Waals surface area contributed by atoms with E-state index in [0.29, 0.717) is 6.54 Å². The first-order chi connectivity index (χ1) is 8.65. The van der Waals surface area contributed by atoms with Crippen LogP contribution >= 0.6 is 15.9 Å². The van der Waals surface area contributed by atoms with Gasteiger partial charge in [0.05, 0.1) is 6.10 Å². The van der Waals surface area contributed by atoms with Gasteiger partial charge in [-0.05, 0) is 40.5 Å². The van der Waals surface area contributed by atoms with Crippen molar-refractivity contribution in [3.63, 3.8) is 0 Å². The molecule has 2 aromatic rings. The summed E-state index contributed by atoms with van der Waals surface area (Å²) in [6, 6.07) is 11.7. The Balaban J connectivity index is 1.93. The lowest BCUT2D eigenvalue weighted by atomic mass is 10.1. The van der Waals surface area contributed by atoms with Gasteiger partial charge in [0.15, 0.2) is 0 Å². The van der Waals surface area contributed by atoms with E-state index in [1.54, 1.807) is 6.20 Å². The SMILES string of the molecule is Cc1ccc(C(O)CNc2ccc(Br)cn2)cc1. The maximum Gasteiger partial charge on any atom is 0.126 e. The summed E-state index contributed by atoms with van der Waals surface area (Å²) < 4.78 is 0.937. The normalized spacial score (nSPS) is 12.2. The second-order valence-corrected chi connectivity index (χ2v) is 5.08. The molecule has 0 aliphatic heterocycles. The van der Waals surface area contributed by atoms with Gasteiger partial charge >= 0.3 is 0 Å². The van der Waals surface area contributed by atoms with Gasteiger partial charge in [0.2, 0.25) is 0 Å². The van der Waals surface area contributed by atoms with Crippen molar-refractivity contribution in [1.82, 2.24) is 4.98 Å². The first-order valence-corrected chi connectivity index (χ1v) is 6.54. The number of aliphatic hydroxyl groups is 1. The van der Waals surface area contributed by atoms with E-state index in [2.05, 4.69) is 26.2 Å². The molecule has 18 heavy (non-hydrogen) atoms. The van der Waals surface area contributed by atoms with E-state index in [9.17, 15) is 5.11 Å². The molecule has 1 heterocycles. The summed E-state index contributed by atoms with van der Waals surface area (Å²) in [6.45, 7) is 2.47. The summed E-state index contributed by atoms with van der Waals surface area (Å²) in [5.41, 5.74) is 2.10. The summed E-state index contributed by atoms with van der Waals surface area (Å²) in [4.78, 5) is 4.19. The quantitative estimate of drug-likeness (QED) is 0.911. The maximum atomic E-state index is 10.0. The van der Waals surface area contributed by atoms with Crippen LogP contribution in [0, 0.1) is 6.92 Å². The van der Waals surface area contributed by atoms with Crippen molar-refractivity contribution in [1.29, 1.82) is 0 Å². The van der Waals surface area contributed by atoms with Crippen LogP contribution in [0.5, 0.6) is 0 Å². The molecule has 0 bridgehead atoms. The minimum atomic E-state index is -0.531. The van der Waals surface area contributed by atoms with Crippen LogP contribution in [0.25, 0.3) is 0 Å². The highest BCUT2D eigenvalue weighted by Crippen LogP contribution is 2.15. The van der Waals surface area contributed by atoms with Crippen LogP contribution in [-0.2, 0) is 0 Å². The number of hydrogen-bond donors (Lipinski definition) is 2. The molecule has 1 unspecified atom stereocenters. The molecule has 2 N–H and O–H groups in total. The van der Waals surface area contributed by atoms with Crippen molar-refractivity contribution in [2.45, 2.75) is 13.0 Å². The zero-order valence-corrected chi connectivity index (χ0v) is 11.7. The van der Waals surface area contributed by atoms with E-state index in [1.165, 1.54) is 5.56 Å². The number of aryl methyl sites for hydroxylation is 1. The largest absolute Gasteiger partial charge is 0.387 e. The molecule has 0 saturated carbocycles. The standard InChI is InChI=1S/C14H15BrN2O/c1-10-2-4-11(5-3-10)13(18)9-17-14-7-6-12(15)8-16-14/h2-8,13,18H,9H2,1H3,(H,16,17). The lowest BCUT2D eigenvalue weighted by Gasteiger charge is -2.12. The van der Waals surface area contributed by atoms with Crippen molar-refractivity contribution in [2.24, 2.45) is 0 Å². The molecule has 0 aliphatic carbocycles. The van der Waals surface area contributed by atoms with Crippen LogP contribution in [0.15, 0.2) is 47.1 Å². The van der Waals surface area contributed by atoms with Gasteiger partial charge in [-0.2, -0.15) is 0 Å². The number of benzene rings is 1. The number of rotatable bonds is 4. The molecular formula is C14H15BrN2O. The van der Waals surface area contributed by atoms with Crippen molar-refractivity contribution < 1.29 is 5.11 Å². The van der Waals surface area contributed by atoms with Gasteiger partial charge in [-0.15, -0.1) is 0 Å². The molecular weight excluding hydrogens is 292 g/mol. The van der Waals surface area contributed by atoms with Crippen LogP contribution in [-0.4, -0.2) is 16.6 Å². The molecule has 3 nitrogen and oxygen atoms in total. The first kappa shape index (κ1) is 13.1. The third-order valence-electron chi connectivity index (χ3n) is 2.67. The van der Waals surface area contributed by atoms with E-state index >= 15 is 0 Å². The van der Waals surface area contributed by atoms with Gasteiger partial charge in [0.25, 0.3) is 0 Å². The third-order valence-corrected chi connectivity index (χ3v) is 3.14. The number of pyridine rings is 1. The highest BCUT2D eigenvalue weighted by molar-refractivity contribution is 9.10. The van der Waals surface area contributed by atoms with Crippen LogP contribution in [0.4, 0.5) is 5.82 Å². The average molecular weight is 307 g/mol. The Morgan fingerprint density at radius 3 is 2.56 bits per heavy atom. The molecule has 4 heteroatoms. The van der Waals surface area contributed by atoms with Crippen molar-refractivity contribution in [3.05, 3.63) is 58.2 Å². The topological polar surface area (TPSA) is 45.1 Å². The molecule has 94 valence electrons. The van der Waals surface area contributed by atoms with E-state index in [-0.39, 0.29) is 0 Å². The second-order valence-electron chi connectivity index (χ2n) is 4.17. The minimum Gasteiger partial charge on any atom is -0.387 e. The molecule has 0 spiro atoms. The molecule has 0 radical (unpaired) electrons. The van der Waals surface area contributed by atoms with Crippen molar-refractivity contribution >= 4 is 21.7 Å². The minimum absolute atomic E-state index is 0.442. The Morgan fingerprint density at radius 1 is 1.22 bits per heavy atom. The van der Waals surface area contributed by atoms with Gasteiger partial charge < -0.3 is 10.4 Å². The zero-order chi connectivity index (χ0) is 13.0. The fourth-order valence-electron chi connectivity index (χ4n) is 1.59. The first-order valence-electron chi connectivity index (χ1n) is 5.75. The lowest BCUT2D eigenvalue weighted by molar-refractivity contribution is 0.191. The number of hydrogen-bond acceptors (Lipinski definition) is 3. The number of anilines is 1. The summed E-state index contributed by atoms with van der Waals surface area (Å²) in [6.07, 6.45) is 1.19. The van der Waals surface area contributed by atoms with Gasteiger partial charge in [0.1, 0.15) is 5.82 Å². The fraction of sp³-hybridized carbons (Fsp3) is 0.214. The zero-order valence-electron chi connectivity index (χ0n) is 10.1. The van der Waals surface area contributed by atoms with Crippen LogP contribution in [0.1, 0.15) is 17.2 Å². The number of aromatic nitrogens is 1. The van der Waals surface area contributed by atoms with E-state index < -0.39 is 6.10 Å². The highest BCUT2D eigenvalue weighted by Gasteiger charge is 2.06. The van der Waals surface area contributed by atoms with E-state index in [4.69, 9.17) is 0 Å². The van der Waals surface area contributed by atoms with Gasteiger partial charge in [0, 0.05) is 17.2 Å². The van der Waals surface area contributed by atoms with Gasteiger partial charge in [-0.25, -0.2) is 4.98 Å². The van der Waals surface area contributed by atoms with Crippen molar-refractivity contribution in [2.75, 3.05) is 11.9 Å². The molecule has 0 amide bonds. The van der Waals surface area contributed by atoms with Crippen LogP contribution < -0.4 is 5.32 Å². The van der Waals surface area contributed by atoms with Crippen LogP contribution in [0.2, 0.25) is 0 Å². The predicted octanol–water partition coefficient (Wildman–Crippen LogP) is 3.30. The van der Waals surface area contributed by atoms with Crippen molar-refractivity contribution in [3.8, 4) is 0 Å². The van der Waals surface area contributed by atoms with Crippen LogP contribution in [0.3, 0.4) is 0 Å². The molecule has 1 aromatic heterocycles. The lowest BCUT2D eigenvalue weighted by Crippen LogP contribution is -2.12. The fourth-order valence-corrected chi connectivity index (χ4v) is 1.82. The number of aliphatic hydroxyl groups excluding tert-OH is 1. The molecule has 0 fully saturated rings. The molecule has 1 atom stereocenters. The third kappa shape index (κ3) is 3.55. The van der Waals surface area contributed by atoms with E-state index in [0.717, 1.165) is 15.9 Å². The summed E-state index contributed by atoms with van der Waals surface area (Å²) in [7, 11) is 0. The molecule has 0 saturated heterocycles. The molecule has 1 aromatic carbocycles. The predicted molar refractivity (Wildman–Crippen MR) is 76.6 cm³/mol. The number of halogens is 1. The van der Waals surface area contributed by atoms with Gasteiger partial charge in [-0.1, -0.05) is 29.8 Å². The summed E-state index contributed by atoms with van der Waals surface area (Å²) >= 11 is 3.33.